The number of unbranched alkanes of at least 4 members (excludes halogenated alkanes) is 3. The van der Waals surface area contributed by atoms with Crippen molar-refractivity contribution >= 4 is 6.09 Å². The van der Waals surface area contributed by atoms with Crippen LogP contribution in [0.1, 0.15) is 38.2 Å². The molecule has 1 saturated heterocycles. The van der Waals surface area contributed by atoms with Crippen molar-refractivity contribution in [3.05, 3.63) is 35.9 Å². The largest absolute Gasteiger partial charge is 0.445 e. The van der Waals surface area contributed by atoms with Crippen molar-refractivity contribution < 1.29 is 9.53 Å². The molecule has 1 aromatic carbocycles. The number of nitrogens with zero attached hydrogens (tertiary/aromatic N) is 2. The van der Waals surface area contributed by atoms with Crippen LogP contribution in [0.3, 0.4) is 0 Å². The minimum Gasteiger partial charge on any atom is -0.445 e. The summed E-state index contributed by atoms with van der Waals surface area (Å²) in [6, 6.07) is 9.83. The van der Waals surface area contributed by atoms with Gasteiger partial charge in [-0.1, -0.05) is 56.5 Å². The lowest BCUT2D eigenvalue weighted by Crippen LogP contribution is -2.48. The summed E-state index contributed by atoms with van der Waals surface area (Å²) < 4.78 is 5.38. The van der Waals surface area contributed by atoms with Crippen LogP contribution in [-0.4, -0.2) is 48.6 Å². The minimum atomic E-state index is -0.186. The molecule has 0 unspecified atom stereocenters. The van der Waals surface area contributed by atoms with Crippen LogP contribution in [0.2, 0.25) is 0 Å². The molecule has 4 heteroatoms. The maximum atomic E-state index is 12.1. The van der Waals surface area contributed by atoms with Crippen LogP contribution in [0.25, 0.3) is 0 Å². The summed E-state index contributed by atoms with van der Waals surface area (Å²) >= 11 is 0. The molecule has 4 nitrogen and oxygen atoms in total. The molecule has 22 heavy (non-hydrogen) atoms. The zero-order valence-corrected chi connectivity index (χ0v) is 13.7. The molecular formula is C18H28N2O2. The Bertz CT molecular complexity index is 428. The van der Waals surface area contributed by atoms with E-state index in [-0.39, 0.29) is 6.09 Å². The van der Waals surface area contributed by atoms with Gasteiger partial charge < -0.3 is 9.64 Å². The molecular weight excluding hydrogens is 276 g/mol. The molecule has 1 aliphatic heterocycles. The summed E-state index contributed by atoms with van der Waals surface area (Å²) in [5.41, 5.74) is 1.03. The molecule has 0 bridgehead atoms. The van der Waals surface area contributed by atoms with Crippen LogP contribution in [0.4, 0.5) is 4.79 Å². The van der Waals surface area contributed by atoms with Gasteiger partial charge in [-0.2, -0.15) is 0 Å². The fourth-order valence-electron chi connectivity index (χ4n) is 2.73. The Kier molecular flexibility index (Phi) is 7.23. The van der Waals surface area contributed by atoms with E-state index in [0.29, 0.717) is 6.61 Å². The van der Waals surface area contributed by atoms with Gasteiger partial charge in [0.2, 0.25) is 0 Å². The quantitative estimate of drug-likeness (QED) is 0.723. The molecule has 0 N–H and O–H groups in total. The van der Waals surface area contributed by atoms with Gasteiger partial charge in [-0.05, 0) is 18.5 Å². The number of carbonyl (C=O) groups is 1. The Morgan fingerprint density at radius 2 is 1.77 bits per heavy atom. The molecule has 0 atom stereocenters. The van der Waals surface area contributed by atoms with Crippen LogP contribution in [-0.2, 0) is 11.3 Å². The molecule has 0 saturated carbocycles. The number of rotatable bonds is 7. The van der Waals surface area contributed by atoms with Gasteiger partial charge in [-0.3, -0.25) is 4.90 Å². The van der Waals surface area contributed by atoms with Gasteiger partial charge in [0, 0.05) is 26.2 Å². The van der Waals surface area contributed by atoms with E-state index in [1.807, 2.05) is 35.2 Å². The van der Waals surface area contributed by atoms with Gasteiger partial charge in [0.1, 0.15) is 6.61 Å². The molecule has 1 aromatic rings. The first kappa shape index (κ1) is 16.8. The van der Waals surface area contributed by atoms with Crippen LogP contribution < -0.4 is 0 Å². The summed E-state index contributed by atoms with van der Waals surface area (Å²) in [4.78, 5) is 16.3. The van der Waals surface area contributed by atoms with E-state index in [1.165, 1.54) is 25.7 Å². The predicted octanol–water partition coefficient (Wildman–Crippen LogP) is 3.52. The van der Waals surface area contributed by atoms with Crippen molar-refractivity contribution in [3.63, 3.8) is 0 Å². The molecule has 122 valence electrons. The highest BCUT2D eigenvalue weighted by molar-refractivity contribution is 5.67. The first-order valence-electron chi connectivity index (χ1n) is 8.47. The summed E-state index contributed by atoms with van der Waals surface area (Å²) in [6.07, 6.45) is 5.00. The van der Waals surface area contributed by atoms with Crippen LogP contribution in [0, 0.1) is 0 Å². The van der Waals surface area contributed by atoms with Crippen molar-refractivity contribution in [2.75, 3.05) is 32.7 Å². The van der Waals surface area contributed by atoms with Gasteiger partial charge in [0.25, 0.3) is 0 Å². The molecule has 0 radical (unpaired) electrons. The van der Waals surface area contributed by atoms with Gasteiger partial charge in [-0.15, -0.1) is 0 Å². The highest BCUT2D eigenvalue weighted by Crippen LogP contribution is 2.08. The number of carbonyl (C=O) groups excluding carboxylic acids is 1. The van der Waals surface area contributed by atoms with Gasteiger partial charge in [0.05, 0.1) is 0 Å². The summed E-state index contributed by atoms with van der Waals surface area (Å²) in [5.74, 6) is 0. The molecule has 1 amide bonds. The highest BCUT2D eigenvalue weighted by atomic mass is 16.6. The Labute approximate surface area is 134 Å². The minimum absolute atomic E-state index is 0.186. The van der Waals surface area contributed by atoms with Crippen LogP contribution >= 0.6 is 0 Å². The Morgan fingerprint density at radius 3 is 2.45 bits per heavy atom. The topological polar surface area (TPSA) is 32.8 Å². The third-order valence-corrected chi connectivity index (χ3v) is 4.16. The Balaban J connectivity index is 1.62. The van der Waals surface area contributed by atoms with Gasteiger partial charge in [0.15, 0.2) is 0 Å². The molecule has 1 heterocycles. The van der Waals surface area contributed by atoms with Gasteiger partial charge >= 0.3 is 6.09 Å². The number of amides is 1. The third-order valence-electron chi connectivity index (χ3n) is 4.16. The zero-order valence-electron chi connectivity index (χ0n) is 13.7. The van der Waals surface area contributed by atoms with E-state index in [0.717, 1.165) is 38.3 Å². The van der Waals surface area contributed by atoms with E-state index in [1.54, 1.807) is 0 Å². The number of hydrogen-bond acceptors (Lipinski definition) is 3. The van der Waals surface area contributed by atoms with E-state index in [9.17, 15) is 4.79 Å². The van der Waals surface area contributed by atoms with E-state index in [4.69, 9.17) is 4.74 Å². The van der Waals surface area contributed by atoms with Crippen LogP contribution in [0.15, 0.2) is 30.3 Å². The number of hydrogen-bond donors (Lipinski definition) is 0. The second-order valence-electron chi connectivity index (χ2n) is 5.93. The van der Waals surface area contributed by atoms with Crippen molar-refractivity contribution in [2.24, 2.45) is 0 Å². The second kappa shape index (κ2) is 9.46. The van der Waals surface area contributed by atoms with E-state index in [2.05, 4.69) is 11.8 Å². The maximum absolute atomic E-state index is 12.1. The first-order chi connectivity index (χ1) is 10.8. The summed E-state index contributed by atoms with van der Waals surface area (Å²) in [7, 11) is 0. The standard InChI is InChI=1S/C18H28N2O2/c1-2-3-4-8-11-19-12-14-20(15-13-19)18(21)22-16-17-9-6-5-7-10-17/h5-7,9-10H,2-4,8,11-16H2,1H3. The lowest BCUT2D eigenvalue weighted by molar-refractivity contribution is 0.0713. The van der Waals surface area contributed by atoms with Crippen LogP contribution in [0.5, 0.6) is 0 Å². The predicted molar refractivity (Wildman–Crippen MR) is 88.8 cm³/mol. The fourth-order valence-corrected chi connectivity index (χ4v) is 2.73. The average Bonchev–Trinajstić information content (AvgIpc) is 2.58. The Hall–Kier alpha value is -1.55. The number of benzene rings is 1. The zero-order chi connectivity index (χ0) is 15.6. The average molecular weight is 304 g/mol. The van der Waals surface area contributed by atoms with Crippen molar-refractivity contribution in [1.29, 1.82) is 0 Å². The molecule has 0 aromatic heterocycles. The monoisotopic (exact) mass is 304 g/mol. The summed E-state index contributed by atoms with van der Waals surface area (Å²) in [6.45, 7) is 7.24. The number of ether oxygens (including phenoxy) is 1. The molecule has 0 spiro atoms. The fraction of sp³-hybridized carbons (Fsp3) is 0.611. The maximum Gasteiger partial charge on any atom is 0.410 e. The molecule has 2 rings (SSSR count). The van der Waals surface area contributed by atoms with Crippen molar-refractivity contribution in [3.8, 4) is 0 Å². The first-order valence-corrected chi connectivity index (χ1v) is 8.47. The lowest BCUT2D eigenvalue weighted by Gasteiger charge is -2.34. The normalized spacial score (nSPS) is 15.8. The van der Waals surface area contributed by atoms with Crippen molar-refractivity contribution in [2.45, 2.75) is 39.2 Å². The van der Waals surface area contributed by atoms with Gasteiger partial charge in [-0.25, -0.2) is 4.79 Å². The smallest absolute Gasteiger partial charge is 0.410 e. The van der Waals surface area contributed by atoms with E-state index < -0.39 is 0 Å². The van der Waals surface area contributed by atoms with E-state index >= 15 is 0 Å². The van der Waals surface area contributed by atoms with Crippen molar-refractivity contribution in [1.82, 2.24) is 9.80 Å². The molecule has 0 aliphatic carbocycles. The Morgan fingerprint density at radius 1 is 1.05 bits per heavy atom. The second-order valence-corrected chi connectivity index (χ2v) is 5.93. The SMILES string of the molecule is CCCCCCN1CCN(C(=O)OCc2ccccc2)CC1. The number of piperazine rings is 1. The summed E-state index contributed by atoms with van der Waals surface area (Å²) in [5, 5.41) is 0. The highest BCUT2D eigenvalue weighted by Gasteiger charge is 2.21. The molecule has 1 fully saturated rings. The molecule has 1 aliphatic rings. The lowest BCUT2D eigenvalue weighted by atomic mass is 10.2. The third kappa shape index (κ3) is 5.68.